The minimum Gasteiger partial charge on any atom is -0.395 e. The third kappa shape index (κ3) is 10.2. The van der Waals surface area contributed by atoms with Gasteiger partial charge in [0, 0.05) is 40.5 Å². The molecule has 0 unspecified atom stereocenters. The van der Waals surface area contributed by atoms with Crippen molar-refractivity contribution in [2.24, 2.45) is 0 Å². The summed E-state index contributed by atoms with van der Waals surface area (Å²) in [4.78, 5) is 13.4. The molecule has 0 fully saturated rings. The van der Waals surface area contributed by atoms with Crippen molar-refractivity contribution in [2.45, 2.75) is 6.42 Å². The van der Waals surface area contributed by atoms with Gasteiger partial charge in [0.25, 0.3) is 0 Å². The molecule has 6 heteroatoms. The van der Waals surface area contributed by atoms with Gasteiger partial charge in [-0.25, -0.2) is 0 Å². The van der Waals surface area contributed by atoms with Gasteiger partial charge in [-0.1, -0.05) is 0 Å². The molecule has 0 aliphatic carbocycles. The molecule has 0 saturated carbocycles. The van der Waals surface area contributed by atoms with Crippen LogP contribution in [0.3, 0.4) is 0 Å². The highest BCUT2D eigenvalue weighted by Gasteiger charge is 2.09. The predicted molar refractivity (Wildman–Crippen MR) is 64.9 cm³/mol. The smallest absolute Gasteiger partial charge is 0.234 e. The zero-order chi connectivity index (χ0) is 12.9. The molecule has 0 spiro atoms. The predicted octanol–water partition coefficient (Wildman–Crippen LogP) is -0.920. The van der Waals surface area contributed by atoms with Crippen molar-refractivity contribution in [3.63, 3.8) is 0 Å². The van der Waals surface area contributed by atoms with Crippen molar-refractivity contribution in [2.75, 3.05) is 60.2 Å². The normalized spacial score (nSPS) is 10.8. The van der Waals surface area contributed by atoms with Gasteiger partial charge in [-0.15, -0.1) is 0 Å². The molecule has 6 nitrogen and oxygen atoms in total. The molecule has 1 amide bonds. The molecule has 0 aliphatic heterocycles. The monoisotopic (exact) mass is 248 g/mol. The first-order valence-electron chi connectivity index (χ1n) is 5.82. The first-order chi connectivity index (χ1) is 8.24. The highest BCUT2D eigenvalue weighted by atomic mass is 16.5. The van der Waals surface area contributed by atoms with Crippen molar-refractivity contribution in [1.82, 2.24) is 10.2 Å². The van der Waals surface area contributed by atoms with E-state index in [1.807, 2.05) is 4.90 Å². The number of methoxy groups -OCH3 is 2. The van der Waals surface area contributed by atoms with Gasteiger partial charge in [0.15, 0.2) is 0 Å². The topological polar surface area (TPSA) is 71.0 Å². The molecule has 0 atom stereocenters. The Balaban J connectivity index is 3.70. The maximum absolute atomic E-state index is 11.5. The van der Waals surface area contributed by atoms with E-state index in [1.54, 1.807) is 14.2 Å². The summed E-state index contributed by atoms with van der Waals surface area (Å²) in [5, 5.41) is 11.7. The lowest BCUT2D eigenvalue weighted by Gasteiger charge is -2.20. The number of nitrogens with zero attached hydrogens (tertiary/aromatic N) is 1. The van der Waals surface area contributed by atoms with Gasteiger partial charge >= 0.3 is 0 Å². The van der Waals surface area contributed by atoms with Crippen LogP contribution in [0.4, 0.5) is 0 Å². The van der Waals surface area contributed by atoms with Crippen LogP contribution in [0.25, 0.3) is 0 Å². The number of nitrogens with one attached hydrogen (secondary N) is 1. The number of carbonyl (C=O) groups is 1. The molecular formula is C11H24N2O4. The largest absolute Gasteiger partial charge is 0.395 e. The first-order valence-corrected chi connectivity index (χ1v) is 5.82. The summed E-state index contributed by atoms with van der Waals surface area (Å²) in [5.74, 6) is -0.0364. The number of aliphatic hydroxyl groups excluding tert-OH is 1. The second kappa shape index (κ2) is 11.8. The van der Waals surface area contributed by atoms with Crippen LogP contribution in [-0.4, -0.2) is 76.1 Å². The van der Waals surface area contributed by atoms with E-state index in [0.717, 1.165) is 6.42 Å². The van der Waals surface area contributed by atoms with Crippen LogP contribution in [0.1, 0.15) is 6.42 Å². The van der Waals surface area contributed by atoms with Crippen LogP contribution in [0.2, 0.25) is 0 Å². The molecule has 102 valence electrons. The Morgan fingerprint density at radius 3 is 2.53 bits per heavy atom. The molecule has 0 radical (unpaired) electrons. The molecule has 0 heterocycles. The number of ether oxygens (including phenoxy) is 2. The fourth-order valence-electron chi connectivity index (χ4n) is 1.34. The summed E-state index contributed by atoms with van der Waals surface area (Å²) in [6.07, 6.45) is 0.806. The summed E-state index contributed by atoms with van der Waals surface area (Å²) in [5.41, 5.74) is 0. The lowest BCUT2D eigenvalue weighted by Crippen LogP contribution is -2.40. The SMILES string of the molecule is COCCCNC(=O)CN(CCO)CCOC. The Labute approximate surface area is 103 Å². The highest BCUT2D eigenvalue weighted by molar-refractivity contribution is 5.77. The van der Waals surface area contributed by atoms with Gasteiger partial charge in [-0.05, 0) is 6.42 Å². The van der Waals surface area contributed by atoms with Gasteiger partial charge in [0.1, 0.15) is 0 Å². The van der Waals surface area contributed by atoms with Gasteiger partial charge in [0.2, 0.25) is 5.91 Å². The van der Waals surface area contributed by atoms with E-state index in [4.69, 9.17) is 14.6 Å². The molecular weight excluding hydrogens is 224 g/mol. The van der Waals surface area contributed by atoms with Crippen LogP contribution in [-0.2, 0) is 14.3 Å². The number of carbonyl (C=O) groups excluding carboxylic acids is 1. The van der Waals surface area contributed by atoms with E-state index in [2.05, 4.69) is 5.32 Å². The highest BCUT2D eigenvalue weighted by Crippen LogP contribution is 1.88. The number of rotatable bonds is 11. The fourth-order valence-corrected chi connectivity index (χ4v) is 1.34. The Bertz CT molecular complexity index is 190. The zero-order valence-electron chi connectivity index (χ0n) is 10.8. The number of aliphatic hydroxyl groups is 1. The summed E-state index contributed by atoms with van der Waals surface area (Å²) in [6.45, 7) is 3.26. The standard InChI is InChI=1S/C11H24N2O4/c1-16-8-3-4-12-11(15)10-13(5-7-14)6-9-17-2/h14H,3-10H2,1-2H3,(H,12,15). The van der Waals surface area contributed by atoms with Crippen LogP contribution in [0.15, 0.2) is 0 Å². The second-order valence-electron chi connectivity index (χ2n) is 3.69. The lowest BCUT2D eigenvalue weighted by atomic mass is 10.4. The quantitative estimate of drug-likeness (QED) is 0.463. The molecule has 0 aromatic rings. The van der Waals surface area contributed by atoms with Gasteiger partial charge in [-0.3, -0.25) is 9.69 Å². The summed E-state index contributed by atoms with van der Waals surface area (Å²) in [7, 11) is 3.25. The Kier molecular flexibility index (Phi) is 11.3. The molecule has 2 N–H and O–H groups in total. The van der Waals surface area contributed by atoms with E-state index in [9.17, 15) is 4.79 Å². The Hall–Kier alpha value is -0.690. The Morgan fingerprint density at radius 2 is 1.94 bits per heavy atom. The average molecular weight is 248 g/mol. The van der Waals surface area contributed by atoms with Crippen LogP contribution in [0, 0.1) is 0 Å². The maximum Gasteiger partial charge on any atom is 0.234 e. The summed E-state index contributed by atoms with van der Waals surface area (Å²) >= 11 is 0. The van der Waals surface area contributed by atoms with E-state index in [-0.39, 0.29) is 19.1 Å². The minimum atomic E-state index is -0.0364. The third-order valence-electron chi connectivity index (χ3n) is 2.24. The maximum atomic E-state index is 11.5. The second-order valence-corrected chi connectivity index (χ2v) is 3.69. The molecule has 17 heavy (non-hydrogen) atoms. The van der Waals surface area contributed by atoms with E-state index in [0.29, 0.717) is 32.8 Å². The minimum absolute atomic E-state index is 0.0364. The summed E-state index contributed by atoms with van der Waals surface area (Å²) in [6, 6.07) is 0. The van der Waals surface area contributed by atoms with Crippen LogP contribution < -0.4 is 5.32 Å². The van der Waals surface area contributed by atoms with Crippen LogP contribution >= 0.6 is 0 Å². The van der Waals surface area contributed by atoms with Crippen molar-refractivity contribution in [3.8, 4) is 0 Å². The van der Waals surface area contributed by atoms with Crippen molar-refractivity contribution in [3.05, 3.63) is 0 Å². The van der Waals surface area contributed by atoms with Crippen molar-refractivity contribution < 1.29 is 19.4 Å². The molecule has 0 aromatic heterocycles. The number of amides is 1. The molecule has 0 aromatic carbocycles. The molecule has 0 bridgehead atoms. The number of hydrogen-bond acceptors (Lipinski definition) is 5. The van der Waals surface area contributed by atoms with Crippen molar-refractivity contribution in [1.29, 1.82) is 0 Å². The zero-order valence-corrected chi connectivity index (χ0v) is 10.8. The van der Waals surface area contributed by atoms with E-state index >= 15 is 0 Å². The van der Waals surface area contributed by atoms with E-state index in [1.165, 1.54) is 0 Å². The van der Waals surface area contributed by atoms with E-state index < -0.39 is 0 Å². The number of hydrogen-bond donors (Lipinski definition) is 2. The van der Waals surface area contributed by atoms with Crippen LogP contribution in [0.5, 0.6) is 0 Å². The fraction of sp³-hybridized carbons (Fsp3) is 0.909. The summed E-state index contributed by atoms with van der Waals surface area (Å²) < 4.78 is 9.83. The first kappa shape index (κ1) is 16.3. The van der Waals surface area contributed by atoms with Gasteiger partial charge in [-0.2, -0.15) is 0 Å². The lowest BCUT2D eigenvalue weighted by molar-refractivity contribution is -0.122. The Morgan fingerprint density at radius 1 is 1.24 bits per heavy atom. The van der Waals surface area contributed by atoms with Gasteiger partial charge < -0.3 is 19.9 Å². The average Bonchev–Trinajstić information content (AvgIpc) is 2.32. The van der Waals surface area contributed by atoms with Gasteiger partial charge in [0.05, 0.1) is 19.8 Å². The molecule has 0 rings (SSSR count). The molecule has 0 aliphatic rings. The van der Waals surface area contributed by atoms with Crippen molar-refractivity contribution >= 4 is 5.91 Å². The third-order valence-corrected chi connectivity index (χ3v) is 2.24. The molecule has 0 saturated heterocycles.